The van der Waals surface area contributed by atoms with Gasteiger partial charge in [-0.05, 0) is 44.6 Å². The lowest BCUT2D eigenvalue weighted by Crippen LogP contribution is -2.47. The Kier molecular flexibility index (Phi) is 11.8. The van der Waals surface area contributed by atoms with E-state index in [2.05, 4.69) is 5.32 Å². The average Bonchev–Trinajstić information content (AvgIpc) is 2.72. The van der Waals surface area contributed by atoms with E-state index in [1.54, 1.807) is 42.7 Å². The molecule has 0 aliphatic heterocycles. The molecule has 0 heterocycles. The second-order valence-electron chi connectivity index (χ2n) is 7.04. The third-order valence-electron chi connectivity index (χ3n) is 5.71. The number of aliphatic hydroxyl groups excluding tert-OH is 1. The van der Waals surface area contributed by atoms with E-state index >= 15 is 0 Å². The average molecular weight is 426 g/mol. The van der Waals surface area contributed by atoms with Crippen molar-refractivity contribution in [3.63, 3.8) is 0 Å². The summed E-state index contributed by atoms with van der Waals surface area (Å²) in [6, 6.07) is 1.66. The molecule has 0 spiro atoms. The zero-order chi connectivity index (χ0) is 20.3. The Bertz CT molecular complexity index is 381. The van der Waals surface area contributed by atoms with Crippen molar-refractivity contribution in [3.05, 3.63) is 0 Å². The van der Waals surface area contributed by atoms with E-state index in [-0.39, 0.29) is 12.1 Å². The normalized spacial score (nSPS) is 24.3. The minimum Gasteiger partial charge on any atom is -0.392 e. The lowest BCUT2D eigenvalue weighted by atomic mass is 9.82. The van der Waals surface area contributed by atoms with Gasteiger partial charge in [-0.25, -0.2) is 0 Å². The van der Waals surface area contributed by atoms with Crippen molar-refractivity contribution in [3.8, 4) is 0 Å². The van der Waals surface area contributed by atoms with Gasteiger partial charge in [0.05, 0.1) is 6.10 Å². The lowest BCUT2D eigenvalue weighted by molar-refractivity contribution is 0.0661. The van der Waals surface area contributed by atoms with E-state index < -0.39 is 17.6 Å². The molecule has 10 heteroatoms. The number of hydrogen-bond acceptors (Lipinski definition) is 8. The van der Waals surface area contributed by atoms with Crippen LogP contribution < -0.4 is 5.32 Å². The standard InChI is InChI=1S/C17H39NO7Si2/c1-20-26(21-2,22-3)12-7-11-18-16-14-15(8-9-17(16)19)10-13-27(23-4,24-5)25-6/h15-19H,7-14H2,1-6H3. The summed E-state index contributed by atoms with van der Waals surface area (Å²) >= 11 is 0. The van der Waals surface area contributed by atoms with Crippen LogP contribution in [0.5, 0.6) is 0 Å². The van der Waals surface area contributed by atoms with Crippen molar-refractivity contribution in [1.29, 1.82) is 0 Å². The van der Waals surface area contributed by atoms with Crippen LogP contribution in [-0.4, -0.2) is 84.1 Å². The Labute approximate surface area is 166 Å². The van der Waals surface area contributed by atoms with Gasteiger partial charge in [-0.3, -0.25) is 0 Å². The zero-order valence-corrected chi connectivity index (χ0v) is 19.8. The predicted octanol–water partition coefficient (Wildman–Crippen LogP) is 1.64. The van der Waals surface area contributed by atoms with Crippen molar-refractivity contribution < 1.29 is 31.7 Å². The van der Waals surface area contributed by atoms with Gasteiger partial charge in [0.15, 0.2) is 0 Å². The Morgan fingerprint density at radius 1 is 0.815 bits per heavy atom. The molecule has 1 saturated carbocycles. The van der Waals surface area contributed by atoms with E-state index in [4.69, 9.17) is 26.6 Å². The first-order chi connectivity index (χ1) is 12.9. The predicted molar refractivity (Wildman–Crippen MR) is 108 cm³/mol. The third kappa shape index (κ3) is 7.46. The summed E-state index contributed by atoms with van der Waals surface area (Å²) in [7, 11) is 4.80. The molecule has 0 saturated heterocycles. The summed E-state index contributed by atoms with van der Waals surface area (Å²) in [6.45, 7) is 0.798. The van der Waals surface area contributed by atoms with Crippen LogP contribution in [0.4, 0.5) is 0 Å². The molecule has 2 N–H and O–H groups in total. The molecule has 1 fully saturated rings. The van der Waals surface area contributed by atoms with Crippen LogP contribution in [0.1, 0.15) is 32.1 Å². The minimum atomic E-state index is -2.53. The van der Waals surface area contributed by atoms with E-state index in [1.165, 1.54) is 0 Å². The van der Waals surface area contributed by atoms with Gasteiger partial charge >= 0.3 is 17.6 Å². The molecule has 3 unspecified atom stereocenters. The monoisotopic (exact) mass is 425 g/mol. The first-order valence-electron chi connectivity index (χ1n) is 9.66. The molecule has 0 aromatic rings. The Hall–Kier alpha value is 0.114. The van der Waals surface area contributed by atoms with Crippen LogP contribution in [0.15, 0.2) is 0 Å². The van der Waals surface area contributed by atoms with Crippen LogP contribution in [-0.2, 0) is 26.6 Å². The summed E-state index contributed by atoms with van der Waals surface area (Å²) in [5, 5.41) is 13.9. The smallest absolute Gasteiger partial charge is 0.392 e. The second kappa shape index (κ2) is 12.6. The number of nitrogens with one attached hydrogen (secondary N) is 1. The molecule has 8 nitrogen and oxygen atoms in total. The maximum Gasteiger partial charge on any atom is 0.500 e. The summed E-state index contributed by atoms with van der Waals surface area (Å²) in [4.78, 5) is 0. The molecule has 162 valence electrons. The number of hydrogen-bond donors (Lipinski definition) is 2. The topological polar surface area (TPSA) is 87.6 Å². The molecule has 1 rings (SSSR count). The molecule has 1 aliphatic rings. The van der Waals surface area contributed by atoms with Gasteiger partial charge in [0.2, 0.25) is 0 Å². The number of rotatable bonds is 14. The first-order valence-corrected chi connectivity index (χ1v) is 13.5. The maximum atomic E-state index is 10.4. The van der Waals surface area contributed by atoms with E-state index in [0.29, 0.717) is 5.92 Å². The first kappa shape index (κ1) is 25.2. The van der Waals surface area contributed by atoms with Crippen LogP contribution in [0.3, 0.4) is 0 Å². The van der Waals surface area contributed by atoms with Gasteiger partial charge in [0, 0.05) is 60.8 Å². The van der Waals surface area contributed by atoms with Crippen molar-refractivity contribution in [2.45, 2.75) is 56.3 Å². The largest absolute Gasteiger partial charge is 0.500 e. The van der Waals surface area contributed by atoms with E-state index in [0.717, 1.165) is 50.7 Å². The van der Waals surface area contributed by atoms with Gasteiger partial charge < -0.3 is 37.0 Å². The fraction of sp³-hybridized carbons (Fsp3) is 1.00. The van der Waals surface area contributed by atoms with Crippen molar-refractivity contribution in [2.75, 3.05) is 49.2 Å². The molecule has 0 amide bonds. The van der Waals surface area contributed by atoms with Crippen LogP contribution in [0, 0.1) is 5.92 Å². The Balaban J connectivity index is 2.43. The summed E-state index contributed by atoms with van der Waals surface area (Å²) in [6.07, 6.45) is 4.35. The van der Waals surface area contributed by atoms with Crippen LogP contribution >= 0.6 is 0 Å². The molecule has 0 radical (unpaired) electrons. The van der Waals surface area contributed by atoms with Gasteiger partial charge in [-0.2, -0.15) is 0 Å². The van der Waals surface area contributed by atoms with Gasteiger partial charge in [0.25, 0.3) is 0 Å². The highest BCUT2D eigenvalue weighted by molar-refractivity contribution is 6.60. The van der Waals surface area contributed by atoms with Crippen molar-refractivity contribution in [1.82, 2.24) is 5.32 Å². The fourth-order valence-electron chi connectivity index (χ4n) is 3.81. The molecule has 27 heavy (non-hydrogen) atoms. The van der Waals surface area contributed by atoms with Gasteiger partial charge in [-0.15, -0.1) is 0 Å². The summed E-state index contributed by atoms with van der Waals surface area (Å²) in [5.74, 6) is 0.531. The molecule has 3 atom stereocenters. The van der Waals surface area contributed by atoms with Crippen LogP contribution in [0.25, 0.3) is 0 Å². The molecule has 0 bridgehead atoms. The molecular weight excluding hydrogens is 386 g/mol. The maximum absolute atomic E-state index is 10.4. The van der Waals surface area contributed by atoms with Gasteiger partial charge in [0.1, 0.15) is 0 Å². The quantitative estimate of drug-likeness (QED) is 0.321. The van der Waals surface area contributed by atoms with Gasteiger partial charge in [-0.1, -0.05) is 0 Å². The van der Waals surface area contributed by atoms with E-state index in [1.807, 2.05) is 0 Å². The third-order valence-corrected chi connectivity index (χ3v) is 11.3. The molecule has 1 aliphatic carbocycles. The van der Waals surface area contributed by atoms with Crippen LogP contribution in [0.2, 0.25) is 12.1 Å². The highest BCUT2D eigenvalue weighted by atomic mass is 28.4. The molecule has 0 aromatic carbocycles. The summed E-state index contributed by atoms with van der Waals surface area (Å²) < 4.78 is 32.9. The van der Waals surface area contributed by atoms with Crippen molar-refractivity contribution >= 4 is 17.6 Å². The second-order valence-corrected chi connectivity index (χ2v) is 13.2. The fourth-order valence-corrected chi connectivity index (χ4v) is 7.41. The summed E-state index contributed by atoms with van der Waals surface area (Å²) in [5.41, 5.74) is 0. The number of aliphatic hydroxyl groups is 1. The highest BCUT2D eigenvalue weighted by Crippen LogP contribution is 2.31. The minimum absolute atomic E-state index is 0.108. The molecular formula is C17H39NO7Si2. The zero-order valence-electron chi connectivity index (χ0n) is 17.8. The van der Waals surface area contributed by atoms with E-state index in [9.17, 15) is 5.11 Å². The Morgan fingerprint density at radius 2 is 1.33 bits per heavy atom. The highest BCUT2D eigenvalue weighted by Gasteiger charge is 2.40. The lowest BCUT2D eigenvalue weighted by Gasteiger charge is -2.35. The Morgan fingerprint density at radius 3 is 1.85 bits per heavy atom. The molecule has 0 aromatic heterocycles. The SMILES string of the molecule is CO[Si](CCCNC1CC(CC[Si](OC)(OC)OC)CCC1O)(OC)OC. The van der Waals surface area contributed by atoms with Crippen molar-refractivity contribution in [2.24, 2.45) is 5.92 Å².